The van der Waals surface area contributed by atoms with Crippen LogP contribution in [0.4, 0.5) is 0 Å². The number of carbonyl (C=O) groups is 1. The Morgan fingerprint density at radius 3 is 2.73 bits per heavy atom. The minimum absolute atomic E-state index is 0.347. The lowest BCUT2D eigenvalue weighted by atomic mass is 10.1. The zero-order valence-electron chi connectivity index (χ0n) is 12.6. The number of rotatable bonds is 3. The zero-order chi connectivity index (χ0) is 15.9. The van der Waals surface area contributed by atoms with E-state index in [0.29, 0.717) is 36.3 Å². The van der Waals surface area contributed by atoms with Gasteiger partial charge in [0.05, 0.1) is 18.8 Å². The van der Waals surface area contributed by atoms with Crippen LogP contribution in [0, 0.1) is 0 Å². The van der Waals surface area contributed by atoms with E-state index in [0.717, 1.165) is 5.57 Å². The van der Waals surface area contributed by atoms with E-state index in [2.05, 4.69) is 11.3 Å². The second-order valence-corrected chi connectivity index (χ2v) is 5.11. The molecule has 0 amide bonds. The van der Waals surface area contributed by atoms with Crippen LogP contribution in [0.25, 0.3) is 0 Å². The molecule has 1 aliphatic carbocycles. The molecule has 4 heteroatoms. The molecule has 1 aromatic carbocycles. The summed E-state index contributed by atoms with van der Waals surface area (Å²) in [7, 11) is 1.35. The number of aliphatic hydroxyl groups is 1. The highest BCUT2D eigenvalue weighted by molar-refractivity contribution is 5.89. The van der Waals surface area contributed by atoms with Gasteiger partial charge in [-0.05, 0) is 55.2 Å². The first-order chi connectivity index (χ1) is 10.6. The fourth-order valence-corrected chi connectivity index (χ4v) is 2.10. The van der Waals surface area contributed by atoms with Gasteiger partial charge in [-0.2, -0.15) is 0 Å². The van der Waals surface area contributed by atoms with E-state index in [1.807, 2.05) is 18.2 Å². The van der Waals surface area contributed by atoms with Crippen molar-refractivity contribution in [3.05, 3.63) is 66.0 Å². The van der Waals surface area contributed by atoms with Crippen LogP contribution in [0.5, 0.6) is 5.75 Å². The van der Waals surface area contributed by atoms with Crippen LogP contribution in [-0.2, 0) is 4.74 Å². The number of esters is 1. The van der Waals surface area contributed by atoms with Gasteiger partial charge in [0.25, 0.3) is 0 Å². The van der Waals surface area contributed by atoms with Crippen LogP contribution in [0.2, 0.25) is 0 Å². The van der Waals surface area contributed by atoms with Crippen LogP contribution in [0.15, 0.2) is 60.4 Å². The first kappa shape index (κ1) is 16.0. The molecule has 22 heavy (non-hydrogen) atoms. The molecule has 0 aromatic heterocycles. The van der Waals surface area contributed by atoms with Crippen molar-refractivity contribution in [1.82, 2.24) is 0 Å². The minimum atomic E-state index is -0.380. The Balaban J connectivity index is 2.10. The summed E-state index contributed by atoms with van der Waals surface area (Å²) in [5, 5.41) is 9.74. The molecule has 1 aliphatic rings. The molecule has 0 radical (unpaired) electrons. The number of allylic oxidation sites excluding steroid dienone is 3. The molecule has 0 unspecified atom stereocenters. The van der Waals surface area contributed by atoms with Crippen molar-refractivity contribution in [2.45, 2.75) is 25.4 Å². The smallest absolute Gasteiger partial charge is 0.337 e. The normalized spacial score (nSPS) is 22.5. The maximum absolute atomic E-state index is 11.4. The van der Waals surface area contributed by atoms with Gasteiger partial charge in [0.2, 0.25) is 0 Å². The molecule has 0 aliphatic heterocycles. The lowest BCUT2D eigenvalue weighted by Crippen LogP contribution is -2.06. The van der Waals surface area contributed by atoms with E-state index in [1.54, 1.807) is 24.3 Å². The highest BCUT2D eigenvalue weighted by Gasteiger charge is 2.11. The summed E-state index contributed by atoms with van der Waals surface area (Å²) in [5.74, 6) is 0.902. The third-order valence-electron chi connectivity index (χ3n) is 3.42. The van der Waals surface area contributed by atoms with Crippen molar-refractivity contribution in [3.63, 3.8) is 0 Å². The fourth-order valence-electron chi connectivity index (χ4n) is 2.10. The number of hydrogen-bond acceptors (Lipinski definition) is 4. The summed E-state index contributed by atoms with van der Waals surface area (Å²) in [6.07, 6.45) is 7.23. The van der Waals surface area contributed by atoms with Crippen LogP contribution < -0.4 is 4.74 Å². The molecule has 0 fully saturated rings. The standard InChI is InChI=1S/C18H20O4/c1-13-7-10-15(19)5-3-4-6-17(13)22-16-11-8-14(9-12-16)18(20)21-2/h3-4,6,8-9,11-12,15,19H,1,5,7,10H2,2H3/b4-3-,17-6+/t15-/m1/s1. The van der Waals surface area contributed by atoms with Crippen LogP contribution in [0.3, 0.4) is 0 Å². The molecular weight excluding hydrogens is 280 g/mol. The quantitative estimate of drug-likeness (QED) is 0.869. The Morgan fingerprint density at radius 2 is 2.05 bits per heavy atom. The molecule has 4 nitrogen and oxygen atoms in total. The van der Waals surface area contributed by atoms with Crippen molar-refractivity contribution >= 4 is 5.97 Å². The van der Waals surface area contributed by atoms with Crippen LogP contribution >= 0.6 is 0 Å². The summed E-state index contributed by atoms with van der Waals surface area (Å²) < 4.78 is 10.5. The molecule has 0 saturated heterocycles. The SMILES string of the molecule is C=C1CC[C@H](O)C/C=C\C=C/1Oc1ccc(C(=O)OC)cc1. The summed E-state index contributed by atoms with van der Waals surface area (Å²) >= 11 is 0. The average Bonchev–Trinajstić information content (AvgIpc) is 2.61. The number of ether oxygens (including phenoxy) is 2. The van der Waals surface area contributed by atoms with Gasteiger partial charge in [0.15, 0.2) is 0 Å². The number of aliphatic hydroxyl groups excluding tert-OH is 1. The molecule has 0 saturated carbocycles. The third kappa shape index (κ3) is 4.33. The topological polar surface area (TPSA) is 55.8 Å². The summed E-state index contributed by atoms with van der Waals surface area (Å²) in [6, 6.07) is 6.73. The molecule has 1 aromatic rings. The van der Waals surface area contributed by atoms with Crippen molar-refractivity contribution in [2.75, 3.05) is 7.11 Å². The van der Waals surface area contributed by atoms with Gasteiger partial charge >= 0.3 is 5.97 Å². The van der Waals surface area contributed by atoms with Crippen LogP contribution in [-0.4, -0.2) is 24.3 Å². The minimum Gasteiger partial charge on any atom is -0.465 e. The van der Waals surface area contributed by atoms with Crippen LogP contribution in [0.1, 0.15) is 29.6 Å². The van der Waals surface area contributed by atoms with Gasteiger partial charge < -0.3 is 14.6 Å². The van der Waals surface area contributed by atoms with Gasteiger partial charge in [-0.15, -0.1) is 0 Å². The summed E-state index contributed by atoms with van der Waals surface area (Å²) in [4.78, 5) is 11.4. The lowest BCUT2D eigenvalue weighted by Gasteiger charge is -2.13. The van der Waals surface area contributed by atoms with Crippen molar-refractivity contribution in [3.8, 4) is 5.75 Å². The summed E-state index contributed by atoms with van der Waals surface area (Å²) in [5.41, 5.74) is 1.31. The third-order valence-corrected chi connectivity index (χ3v) is 3.42. The number of benzene rings is 1. The fraction of sp³-hybridized carbons (Fsp3) is 0.278. The van der Waals surface area contributed by atoms with Gasteiger partial charge in [0.1, 0.15) is 11.5 Å². The first-order valence-corrected chi connectivity index (χ1v) is 7.19. The van der Waals surface area contributed by atoms with Gasteiger partial charge in [-0.3, -0.25) is 0 Å². The van der Waals surface area contributed by atoms with E-state index in [9.17, 15) is 9.90 Å². The Bertz CT molecular complexity index is 596. The average molecular weight is 300 g/mol. The molecule has 1 atom stereocenters. The molecule has 0 bridgehead atoms. The van der Waals surface area contributed by atoms with E-state index >= 15 is 0 Å². The van der Waals surface area contributed by atoms with Gasteiger partial charge in [0, 0.05) is 0 Å². The Labute approximate surface area is 130 Å². The van der Waals surface area contributed by atoms with E-state index in [4.69, 9.17) is 4.74 Å². The van der Waals surface area contributed by atoms with E-state index in [-0.39, 0.29) is 12.1 Å². The highest BCUT2D eigenvalue weighted by Crippen LogP contribution is 2.23. The molecular formula is C18H20O4. The number of methoxy groups -OCH3 is 1. The van der Waals surface area contributed by atoms with Crippen molar-refractivity contribution in [2.24, 2.45) is 0 Å². The molecule has 2 rings (SSSR count). The highest BCUT2D eigenvalue weighted by atomic mass is 16.5. The predicted molar refractivity (Wildman–Crippen MR) is 84.6 cm³/mol. The molecule has 0 heterocycles. The summed E-state index contributed by atoms with van der Waals surface area (Å²) in [6.45, 7) is 4.02. The molecule has 0 spiro atoms. The van der Waals surface area contributed by atoms with Gasteiger partial charge in [-0.1, -0.05) is 18.7 Å². The Kier molecular flexibility index (Phi) is 5.55. The monoisotopic (exact) mass is 300 g/mol. The Morgan fingerprint density at radius 1 is 1.32 bits per heavy atom. The predicted octanol–water partition coefficient (Wildman–Crippen LogP) is 3.39. The first-order valence-electron chi connectivity index (χ1n) is 7.19. The van der Waals surface area contributed by atoms with E-state index in [1.165, 1.54) is 7.11 Å². The number of hydrogen-bond donors (Lipinski definition) is 1. The molecule has 1 N–H and O–H groups in total. The maximum Gasteiger partial charge on any atom is 0.337 e. The second-order valence-electron chi connectivity index (χ2n) is 5.11. The zero-order valence-corrected chi connectivity index (χ0v) is 12.6. The van der Waals surface area contributed by atoms with Gasteiger partial charge in [-0.25, -0.2) is 4.79 Å². The second kappa shape index (κ2) is 7.61. The van der Waals surface area contributed by atoms with Crippen molar-refractivity contribution in [1.29, 1.82) is 0 Å². The molecule has 116 valence electrons. The lowest BCUT2D eigenvalue weighted by molar-refractivity contribution is 0.0600. The van der Waals surface area contributed by atoms with Crippen molar-refractivity contribution < 1.29 is 19.4 Å². The largest absolute Gasteiger partial charge is 0.465 e. The maximum atomic E-state index is 11.4. The van der Waals surface area contributed by atoms with E-state index < -0.39 is 0 Å². The number of carbonyl (C=O) groups excluding carboxylic acids is 1. The Hall–Kier alpha value is -2.33.